The Morgan fingerprint density at radius 1 is 1.15 bits per heavy atom. The van der Waals surface area contributed by atoms with Gasteiger partial charge in [0.25, 0.3) is 0 Å². The van der Waals surface area contributed by atoms with Crippen LogP contribution in [-0.2, 0) is 22.6 Å². The number of anilines is 2. The van der Waals surface area contributed by atoms with E-state index >= 15 is 0 Å². The predicted molar refractivity (Wildman–Crippen MR) is 135 cm³/mol. The zero-order chi connectivity index (χ0) is 24.7. The number of hydrogen-bond acceptors (Lipinski definition) is 9. The van der Waals surface area contributed by atoms with E-state index in [9.17, 15) is 9.59 Å². The maximum Gasteiger partial charge on any atom is 0.341 e. The van der Waals surface area contributed by atoms with Crippen LogP contribution in [0.3, 0.4) is 0 Å². The van der Waals surface area contributed by atoms with E-state index in [0.29, 0.717) is 28.8 Å². The number of esters is 1. The molecule has 1 aromatic carbocycles. The number of carbonyl (C=O) groups is 2. The molecule has 2 aromatic heterocycles. The summed E-state index contributed by atoms with van der Waals surface area (Å²) in [5, 5.41) is 15.9. The summed E-state index contributed by atoms with van der Waals surface area (Å²) in [6.07, 6.45) is 0. The van der Waals surface area contributed by atoms with Gasteiger partial charge in [-0.15, -0.1) is 21.5 Å². The zero-order valence-electron chi connectivity index (χ0n) is 19.9. The lowest BCUT2D eigenvalue weighted by atomic mass is 10.1. The van der Waals surface area contributed by atoms with Gasteiger partial charge in [0.2, 0.25) is 5.91 Å². The number of rotatable bonds is 11. The summed E-state index contributed by atoms with van der Waals surface area (Å²) in [7, 11) is 1.63. The fraction of sp³-hybridized carbons (Fsp3) is 0.391. The molecule has 0 aliphatic rings. The summed E-state index contributed by atoms with van der Waals surface area (Å²) in [4.78, 5) is 26.0. The van der Waals surface area contributed by atoms with E-state index in [1.807, 2.05) is 49.6 Å². The lowest BCUT2D eigenvalue weighted by Gasteiger charge is -2.10. The Bertz CT molecular complexity index is 1140. The number of thioether (sulfide) groups is 1. The fourth-order valence-electron chi connectivity index (χ4n) is 3.22. The molecule has 3 rings (SSSR count). The molecule has 0 atom stereocenters. The number of carbonyl (C=O) groups excluding carboxylic acids is 2. The van der Waals surface area contributed by atoms with Gasteiger partial charge in [-0.2, -0.15) is 0 Å². The summed E-state index contributed by atoms with van der Waals surface area (Å²) < 4.78 is 12.3. The maximum atomic E-state index is 12.7. The van der Waals surface area contributed by atoms with Crippen molar-refractivity contribution in [1.29, 1.82) is 0 Å². The Hall–Kier alpha value is -3.05. The summed E-state index contributed by atoms with van der Waals surface area (Å²) in [5.74, 6) is 1.06. The number of aromatic nitrogens is 3. The minimum absolute atomic E-state index is 0.141. The first kappa shape index (κ1) is 25.6. The van der Waals surface area contributed by atoms with Crippen LogP contribution in [0.15, 0.2) is 29.4 Å². The van der Waals surface area contributed by atoms with Crippen molar-refractivity contribution in [2.45, 2.75) is 45.9 Å². The van der Waals surface area contributed by atoms with Gasteiger partial charge in [-0.1, -0.05) is 11.8 Å². The molecule has 0 spiro atoms. The summed E-state index contributed by atoms with van der Waals surface area (Å²) in [6.45, 7) is 8.98. The van der Waals surface area contributed by atoms with E-state index < -0.39 is 5.97 Å². The third kappa shape index (κ3) is 6.09. The number of nitrogens with zero attached hydrogens (tertiary/aromatic N) is 3. The Morgan fingerprint density at radius 3 is 2.53 bits per heavy atom. The van der Waals surface area contributed by atoms with E-state index in [1.165, 1.54) is 23.1 Å². The van der Waals surface area contributed by atoms with E-state index in [0.717, 1.165) is 27.7 Å². The van der Waals surface area contributed by atoms with Crippen molar-refractivity contribution in [3.8, 4) is 5.75 Å². The Balaban J connectivity index is 1.61. The second-order valence-electron chi connectivity index (χ2n) is 7.27. The van der Waals surface area contributed by atoms with Crippen LogP contribution in [0.2, 0.25) is 0 Å². The first-order chi connectivity index (χ1) is 16.4. The first-order valence-electron chi connectivity index (χ1n) is 10.9. The highest BCUT2D eigenvalue weighted by Crippen LogP contribution is 2.33. The van der Waals surface area contributed by atoms with Gasteiger partial charge in [0.15, 0.2) is 11.0 Å². The number of amides is 1. The lowest BCUT2D eigenvalue weighted by molar-refractivity contribution is -0.113. The molecule has 34 heavy (non-hydrogen) atoms. The van der Waals surface area contributed by atoms with Crippen LogP contribution in [0.25, 0.3) is 0 Å². The van der Waals surface area contributed by atoms with E-state index in [2.05, 4.69) is 20.8 Å². The molecule has 1 amide bonds. The summed E-state index contributed by atoms with van der Waals surface area (Å²) in [5.41, 5.74) is 2.19. The average molecular weight is 504 g/mol. The zero-order valence-corrected chi connectivity index (χ0v) is 21.6. The molecule has 0 fully saturated rings. The van der Waals surface area contributed by atoms with Crippen LogP contribution in [0.5, 0.6) is 5.75 Å². The van der Waals surface area contributed by atoms with Gasteiger partial charge < -0.3 is 24.7 Å². The minimum Gasteiger partial charge on any atom is -0.497 e. The number of ether oxygens (including phenoxy) is 2. The highest BCUT2D eigenvalue weighted by molar-refractivity contribution is 7.99. The molecule has 2 N–H and O–H groups in total. The van der Waals surface area contributed by atoms with E-state index in [1.54, 1.807) is 14.0 Å². The van der Waals surface area contributed by atoms with E-state index in [4.69, 9.17) is 9.47 Å². The van der Waals surface area contributed by atoms with Crippen molar-refractivity contribution < 1.29 is 19.1 Å². The molecule has 3 aromatic rings. The van der Waals surface area contributed by atoms with Crippen LogP contribution in [0.1, 0.15) is 40.5 Å². The van der Waals surface area contributed by atoms with Gasteiger partial charge in [0, 0.05) is 17.1 Å². The van der Waals surface area contributed by atoms with Crippen LogP contribution in [0, 0.1) is 13.8 Å². The topological polar surface area (TPSA) is 107 Å². The van der Waals surface area contributed by atoms with Crippen molar-refractivity contribution >= 4 is 45.7 Å². The van der Waals surface area contributed by atoms with Crippen LogP contribution >= 0.6 is 23.1 Å². The van der Waals surface area contributed by atoms with Gasteiger partial charge >= 0.3 is 5.97 Å². The molecular weight excluding hydrogens is 474 g/mol. The smallest absolute Gasteiger partial charge is 0.341 e. The van der Waals surface area contributed by atoms with Gasteiger partial charge in [0.05, 0.1) is 31.6 Å². The van der Waals surface area contributed by atoms with Crippen molar-refractivity contribution in [1.82, 2.24) is 14.8 Å². The molecular formula is C23H29N5O4S2. The monoisotopic (exact) mass is 503 g/mol. The normalized spacial score (nSPS) is 10.7. The molecule has 2 heterocycles. The number of nitrogens with one attached hydrogen (secondary N) is 2. The number of thiophene rings is 1. The Kier molecular flexibility index (Phi) is 8.94. The van der Waals surface area contributed by atoms with Gasteiger partial charge in [-0.25, -0.2) is 4.79 Å². The van der Waals surface area contributed by atoms with Crippen molar-refractivity contribution in [2.24, 2.45) is 0 Å². The molecule has 0 bridgehead atoms. The largest absolute Gasteiger partial charge is 0.497 e. The number of benzene rings is 1. The predicted octanol–water partition coefficient (Wildman–Crippen LogP) is 4.50. The lowest BCUT2D eigenvalue weighted by Crippen LogP contribution is -2.17. The Morgan fingerprint density at radius 2 is 1.88 bits per heavy atom. The molecule has 182 valence electrons. The summed E-state index contributed by atoms with van der Waals surface area (Å²) in [6, 6.07) is 7.64. The van der Waals surface area contributed by atoms with Crippen molar-refractivity contribution in [3.63, 3.8) is 0 Å². The minimum atomic E-state index is -0.424. The highest BCUT2D eigenvalue weighted by Gasteiger charge is 2.22. The third-order valence-electron chi connectivity index (χ3n) is 5.10. The van der Waals surface area contributed by atoms with Crippen LogP contribution in [0.4, 0.5) is 10.7 Å². The molecule has 0 saturated carbocycles. The van der Waals surface area contributed by atoms with Crippen LogP contribution < -0.4 is 15.4 Å². The third-order valence-corrected chi connectivity index (χ3v) is 7.19. The van der Waals surface area contributed by atoms with Crippen molar-refractivity contribution in [3.05, 3.63) is 46.1 Å². The molecule has 0 aliphatic carbocycles. The Labute approximate surface area is 207 Å². The van der Waals surface area contributed by atoms with E-state index in [-0.39, 0.29) is 18.3 Å². The standard InChI is InChI=1S/C23H29N5O4S2/c1-6-28-18(12-24-16-8-10-17(31-5)11-9-16)26-27-23(28)33-13-19(29)25-21-20(22(30)32-7-2)14(3)15(4)34-21/h8-11,24H,6-7,12-13H2,1-5H3,(H,25,29). The average Bonchev–Trinajstić information content (AvgIpc) is 3.35. The molecule has 0 aliphatic heterocycles. The molecule has 9 nitrogen and oxygen atoms in total. The van der Waals surface area contributed by atoms with Crippen molar-refractivity contribution in [2.75, 3.05) is 30.1 Å². The van der Waals surface area contributed by atoms with Gasteiger partial charge in [0.1, 0.15) is 10.8 Å². The number of methoxy groups -OCH3 is 1. The SMILES string of the molecule is CCOC(=O)c1c(NC(=O)CSc2nnc(CNc3ccc(OC)cc3)n2CC)sc(C)c1C. The molecule has 0 saturated heterocycles. The number of hydrogen-bond donors (Lipinski definition) is 2. The summed E-state index contributed by atoms with van der Waals surface area (Å²) >= 11 is 2.68. The maximum absolute atomic E-state index is 12.7. The molecule has 11 heteroatoms. The molecule has 0 unspecified atom stereocenters. The highest BCUT2D eigenvalue weighted by atomic mass is 32.2. The number of aryl methyl sites for hydroxylation is 1. The second kappa shape index (κ2) is 11.9. The quantitative estimate of drug-likeness (QED) is 0.291. The first-order valence-corrected chi connectivity index (χ1v) is 12.7. The fourth-order valence-corrected chi connectivity index (χ4v) is 5.11. The molecule has 0 radical (unpaired) electrons. The van der Waals surface area contributed by atoms with Crippen LogP contribution in [-0.4, -0.2) is 46.1 Å². The van der Waals surface area contributed by atoms with Gasteiger partial charge in [-0.3, -0.25) is 4.79 Å². The second-order valence-corrected chi connectivity index (χ2v) is 9.44. The van der Waals surface area contributed by atoms with Gasteiger partial charge in [-0.05, 0) is 57.5 Å².